The number of hydrogen-bond acceptors (Lipinski definition) is 7. The summed E-state index contributed by atoms with van der Waals surface area (Å²) in [5.41, 5.74) is 2.85. The zero-order valence-electron chi connectivity index (χ0n) is 18.9. The first-order valence-corrected chi connectivity index (χ1v) is 10.9. The number of carbonyl (C=O) groups excluding carboxylic acids is 1. The second-order valence-corrected chi connectivity index (χ2v) is 8.30. The molecule has 0 radical (unpaired) electrons. The highest BCUT2D eigenvalue weighted by molar-refractivity contribution is 5.84. The van der Waals surface area contributed by atoms with Gasteiger partial charge < -0.3 is 25.5 Å². The van der Waals surface area contributed by atoms with Crippen LogP contribution in [0, 0.1) is 17.2 Å². The lowest BCUT2D eigenvalue weighted by Gasteiger charge is -2.34. The normalized spacial score (nSPS) is 14.5. The van der Waals surface area contributed by atoms with Crippen molar-refractivity contribution in [2.24, 2.45) is 5.92 Å². The van der Waals surface area contributed by atoms with E-state index in [1.165, 1.54) is 4.90 Å². The molecule has 174 valence electrons. The number of nitrogens with zero attached hydrogens (tertiary/aromatic N) is 5. The average Bonchev–Trinajstić information content (AvgIpc) is 2.82. The first-order chi connectivity index (χ1) is 15.9. The quantitative estimate of drug-likeness (QED) is 0.521. The number of carbonyl (C=O) groups is 2. The molecular formula is C23H29N7O3. The smallest absolute Gasteiger partial charge is 0.407 e. The van der Waals surface area contributed by atoms with Gasteiger partial charge in [0.1, 0.15) is 12.6 Å². The second-order valence-electron chi connectivity index (χ2n) is 8.30. The predicted octanol–water partition coefficient (Wildman–Crippen LogP) is 2.41. The second kappa shape index (κ2) is 11.1. The van der Waals surface area contributed by atoms with Crippen molar-refractivity contribution < 1.29 is 14.7 Å². The topological polar surface area (TPSA) is 134 Å². The lowest BCUT2D eigenvalue weighted by Crippen LogP contribution is -2.48. The SMILES string of the molecule is CC(C)CC(Nc1ncc(-c2ccc(N3CCN(C(=O)O)CC3)cc2)cn1)C(=O)NCC#N. The van der Waals surface area contributed by atoms with Gasteiger partial charge in [0.25, 0.3) is 0 Å². The summed E-state index contributed by atoms with van der Waals surface area (Å²) in [6, 6.07) is 9.38. The molecule has 0 spiro atoms. The highest BCUT2D eigenvalue weighted by atomic mass is 16.4. The maximum absolute atomic E-state index is 12.3. The van der Waals surface area contributed by atoms with E-state index >= 15 is 0 Å². The number of nitriles is 1. The lowest BCUT2D eigenvalue weighted by atomic mass is 10.0. The number of amides is 2. The Kier molecular flexibility index (Phi) is 8.02. The van der Waals surface area contributed by atoms with Crippen LogP contribution in [0.4, 0.5) is 16.4 Å². The Bertz CT molecular complexity index is 979. The summed E-state index contributed by atoms with van der Waals surface area (Å²) in [7, 11) is 0. The van der Waals surface area contributed by atoms with E-state index < -0.39 is 12.1 Å². The molecule has 0 bridgehead atoms. The third kappa shape index (κ3) is 6.55. The molecule has 10 heteroatoms. The van der Waals surface area contributed by atoms with Crippen LogP contribution in [-0.2, 0) is 4.79 Å². The predicted molar refractivity (Wildman–Crippen MR) is 125 cm³/mol. The van der Waals surface area contributed by atoms with Gasteiger partial charge >= 0.3 is 6.09 Å². The van der Waals surface area contributed by atoms with Crippen molar-refractivity contribution in [1.29, 1.82) is 5.26 Å². The molecule has 1 unspecified atom stereocenters. The van der Waals surface area contributed by atoms with Gasteiger partial charge in [-0.3, -0.25) is 4.79 Å². The first kappa shape index (κ1) is 23.8. The molecule has 2 heterocycles. The number of anilines is 2. The Labute approximate surface area is 193 Å². The molecule has 1 saturated heterocycles. The van der Waals surface area contributed by atoms with Crippen LogP contribution in [0.25, 0.3) is 11.1 Å². The third-order valence-electron chi connectivity index (χ3n) is 5.44. The standard InChI is InChI=1S/C23H29N7O3/c1-16(2)13-20(21(31)25-8-7-24)28-22-26-14-18(15-27-22)17-3-5-19(6-4-17)29-9-11-30(12-10-29)23(32)33/h3-6,14-16,20H,8-13H2,1-2H3,(H,25,31)(H,32,33)(H,26,27,28). The number of carboxylic acid groups (broad SMARTS) is 1. The number of rotatable bonds is 8. The summed E-state index contributed by atoms with van der Waals surface area (Å²) < 4.78 is 0. The van der Waals surface area contributed by atoms with Crippen molar-refractivity contribution in [3.8, 4) is 17.2 Å². The number of hydrogen-bond donors (Lipinski definition) is 3. The molecule has 3 N–H and O–H groups in total. The van der Waals surface area contributed by atoms with Crippen LogP contribution in [0.15, 0.2) is 36.7 Å². The van der Waals surface area contributed by atoms with E-state index in [1.807, 2.05) is 44.2 Å². The summed E-state index contributed by atoms with van der Waals surface area (Å²) in [5, 5.41) is 23.4. The molecule has 10 nitrogen and oxygen atoms in total. The summed E-state index contributed by atoms with van der Waals surface area (Å²) >= 11 is 0. The molecule has 33 heavy (non-hydrogen) atoms. The van der Waals surface area contributed by atoms with Gasteiger partial charge in [-0.05, 0) is 30.0 Å². The minimum Gasteiger partial charge on any atom is -0.465 e. The van der Waals surface area contributed by atoms with Crippen LogP contribution in [-0.4, -0.2) is 70.7 Å². The van der Waals surface area contributed by atoms with E-state index in [1.54, 1.807) is 12.4 Å². The Morgan fingerprint density at radius 2 is 1.73 bits per heavy atom. The van der Waals surface area contributed by atoms with Gasteiger partial charge in [0, 0.05) is 49.8 Å². The molecule has 1 aromatic carbocycles. The van der Waals surface area contributed by atoms with Gasteiger partial charge in [0.15, 0.2) is 0 Å². The van der Waals surface area contributed by atoms with E-state index in [2.05, 4.69) is 25.5 Å². The number of aromatic nitrogens is 2. The van der Waals surface area contributed by atoms with Crippen LogP contribution in [0.2, 0.25) is 0 Å². The van der Waals surface area contributed by atoms with Crippen molar-refractivity contribution in [2.75, 3.05) is 42.9 Å². The van der Waals surface area contributed by atoms with Crippen LogP contribution in [0.3, 0.4) is 0 Å². The zero-order valence-corrected chi connectivity index (χ0v) is 18.9. The fraction of sp³-hybridized carbons (Fsp3) is 0.435. The maximum atomic E-state index is 12.3. The van der Waals surface area contributed by atoms with Gasteiger partial charge in [-0.1, -0.05) is 26.0 Å². The Hall–Kier alpha value is -3.87. The van der Waals surface area contributed by atoms with E-state index in [0.717, 1.165) is 16.8 Å². The molecule has 2 aromatic rings. The van der Waals surface area contributed by atoms with Crippen LogP contribution in [0.1, 0.15) is 20.3 Å². The summed E-state index contributed by atoms with van der Waals surface area (Å²) in [5.74, 6) is 0.377. The van der Waals surface area contributed by atoms with Crippen LogP contribution >= 0.6 is 0 Å². The lowest BCUT2D eigenvalue weighted by molar-refractivity contribution is -0.121. The van der Waals surface area contributed by atoms with E-state index in [4.69, 9.17) is 10.4 Å². The highest BCUT2D eigenvalue weighted by Crippen LogP contribution is 2.24. The summed E-state index contributed by atoms with van der Waals surface area (Å²) in [4.78, 5) is 35.7. The monoisotopic (exact) mass is 451 g/mol. The van der Waals surface area contributed by atoms with Crippen molar-refractivity contribution in [1.82, 2.24) is 20.2 Å². The fourth-order valence-corrected chi connectivity index (χ4v) is 3.68. The molecule has 3 rings (SSSR count). The summed E-state index contributed by atoms with van der Waals surface area (Å²) in [6.45, 7) is 6.30. The zero-order chi connectivity index (χ0) is 23.8. The van der Waals surface area contributed by atoms with Crippen molar-refractivity contribution in [3.63, 3.8) is 0 Å². The maximum Gasteiger partial charge on any atom is 0.407 e. The molecule has 1 aromatic heterocycles. The fourth-order valence-electron chi connectivity index (χ4n) is 3.68. The molecule has 2 amide bonds. The molecule has 1 fully saturated rings. The Balaban J connectivity index is 1.63. The first-order valence-electron chi connectivity index (χ1n) is 10.9. The third-order valence-corrected chi connectivity index (χ3v) is 5.44. The molecule has 0 aliphatic carbocycles. The largest absolute Gasteiger partial charge is 0.465 e. The molecule has 0 saturated carbocycles. The van der Waals surface area contributed by atoms with Gasteiger partial charge in [-0.2, -0.15) is 5.26 Å². The van der Waals surface area contributed by atoms with Gasteiger partial charge in [0.2, 0.25) is 11.9 Å². The minimum absolute atomic E-state index is 0.0415. The van der Waals surface area contributed by atoms with E-state index in [0.29, 0.717) is 38.5 Å². The Morgan fingerprint density at radius 3 is 2.27 bits per heavy atom. The molecule has 1 aliphatic heterocycles. The average molecular weight is 452 g/mol. The van der Waals surface area contributed by atoms with Crippen LogP contribution in [0.5, 0.6) is 0 Å². The van der Waals surface area contributed by atoms with E-state index in [9.17, 15) is 9.59 Å². The van der Waals surface area contributed by atoms with Crippen LogP contribution < -0.4 is 15.5 Å². The number of piperazine rings is 1. The Morgan fingerprint density at radius 1 is 1.09 bits per heavy atom. The van der Waals surface area contributed by atoms with Gasteiger partial charge in [-0.15, -0.1) is 0 Å². The molecule has 1 aliphatic rings. The number of nitrogens with one attached hydrogen (secondary N) is 2. The van der Waals surface area contributed by atoms with Gasteiger partial charge in [0.05, 0.1) is 6.07 Å². The highest BCUT2D eigenvalue weighted by Gasteiger charge is 2.21. The minimum atomic E-state index is -0.874. The van der Waals surface area contributed by atoms with Crippen molar-refractivity contribution in [2.45, 2.75) is 26.3 Å². The van der Waals surface area contributed by atoms with Crippen molar-refractivity contribution in [3.05, 3.63) is 36.7 Å². The molecular weight excluding hydrogens is 422 g/mol. The summed E-state index contributed by atoms with van der Waals surface area (Å²) in [6.07, 6.45) is 3.12. The van der Waals surface area contributed by atoms with Crippen molar-refractivity contribution >= 4 is 23.6 Å². The van der Waals surface area contributed by atoms with Gasteiger partial charge in [-0.25, -0.2) is 14.8 Å². The molecule has 1 atom stereocenters. The van der Waals surface area contributed by atoms with E-state index in [-0.39, 0.29) is 18.4 Å². The number of benzene rings is 1.